The fraction of sp³-hybridized carbons (Fsp3) is 0.0952. The van der Waals surface area contributed by atoms with E-state index < -0.39 is 33.3 Å². The van der Waals surface area contributed by atoms with Crippen LogP contribution in [0.25, 0.3) is 0 Å². The largest absolute Gasteiger partial charge is 0.317 e. The number of halogens is 3. The minimum absolute atomic E-state index is 0.108. The Hall–Kier alpha value is -2.97. The molecule has 0 saturated heterocycles. The molecular formula is C21H15ClF2N2O3S. The maximum absolute atomic E-state index is 13.8. The first-order chi connectivity index (χ1) is 14.3. The lowest BCUT2D eigenvalue weighted by Gasteiger charge is -2.20. The molecule has 0 aromatic heterocycles. The molecule has 3 aromatic rings. The lowest BCUT2D eigenvalue weighted by atomic mass is 10.1. The van der Waals surface area contributed by atoms with Crippen LogP contribution in [-0.2, 0) is 16.4 Å². The first kappa shape index (κ1) is 20.3. The summed E-state index contributed by atoms with van der Waals surface area (Å²) in [4.78, 5) is 12.6. The van der Waals surface area contributed by atoms with Gasteiger partial charge in [0.1, 0.15) is 17.3 Å². The van der Waals surface area contributed by atoms with E-state index in [1.54, 1.807) is 0 Å². The third-order valence-corrected chi connectivity index (χ3v) is 6.88. The Morgan fingerprint density at radius 1 is 1.00 bits per heavy atom. The second kappa shape index (κ2) is 7.70. The monoisotopic (exact) mass is 448 g/mol. The predicted molar refractivity (Wildman–Crippen MR) is 110 cm³/mol. The van der Waals surface area contributed by atoms with Crippen molar-refractivity contribution < 1.29 is 22.0 Å². The van der Waals surface area contributed by atoms with Gasteiger partial charge in [0.15, 0.2) is 0 Å². The number of anilines is 2. The lowest BCUT2D eigenvalue weighted by molar-refractivity contribution is 0.102. The van der Waals surface area contributed by atoms with Gasteiger partial charge < -0.3 is 5.32 Å². The highest BCUT2D eigenvalue weighted by Gasteiger charge is 2.31. The molecular weight excluding hydrogens is 434 g/mol. The average Bonchev–Trinajstić information content (AvgIpc) is 3.15. The van der Waals surface area contributed by atoms with Crippen molar-refractivity contribution in [2.45, 2.75) is 11.3 Å². The Bertz CT molecular complexity index is 1230. The van der Waals surface area contributed by atoms with Gasteiger partial charge in [-0.05, 0) is 66.6 Å². The van der Waals surface area contributed by atoms with Gasteiger partial charge in [0.25, 0.3) is 15.9 Å². The highest BCUT2D eigenvalue weighted by atomic mass is 35.5. The van der Waals surface area contributed by atoms with Crippen molar-refractivity contribution in [2.24, 2.45) is 0 Å². The molecule has 0 saturated carbocycles. The highest BCUT2D eigenvalue weighted by Crippen LogP contribution is 2.34. The first-order valence-corrected chi connectivity index (χ1v) is 10.8. The molecule has 0 fully saturated rings. The van der Waals surface area contributed by atoms with Crippen molar-refractivity contribution in [3.8, 4) is 0 Å². The number of hydrogen-bond acceptors (Lipinski definition) is 3. The summed E-state index contributed by atoms with van der Waals surface area (Å²) in [5, 5.41) is 2.65. The van der Waals surface area contributed by atoms with E-state index in [0.717, 1.165) is 12.1 Å². The Kier molecular flexibility index (Phi) is 5.21. The Labute approximate surface area is 177 Å². The molecule has 5 nitrogen and oxygen atoms in total. The van der Waals surface area contributed by atoms with Gasteiger partial charge in [0.2, 0.25) is 0 Å². The van der Waals surface area contributed by atoms with Crippen molar-refractivity contribution in [3.05, 3.63) is 88.4 Å². The molecule has 0 aliphatic carbocycles. The molecule has 154 valence electrons. The molecule has 0 atom stereocenters. The highest BCUT2D eigenvalue weighted by molar-refractivity contribution is 7.92. The average molecular weight is 449 g/mol. The van der Waals surface area contributed by atoms with Crippen molar-refractivity contribution in [1.82, 2.24) is 0 Å². The number of nitrogens with zero attached hydrogens (tertiary/aromatic N) is 1. The summed E-state index contributed by atoms with van der Waals surface area (Å²) in [7, 11) is -3.79. The summed E-state index contributed by atoms with van der Waals surface area (Å²) in [6, 6.07) is 13.6. The zero-order valence-electron chi connectivity index (χ0n) is 15.4. The van der Waals surface area contributed by atoms with Crippen LogP contribution >= 0.6 is 11.6 Å². The van der Waals surface area contributed by atoms with Crippen molar-refractivity contribution in [2.75, 3.05) is 16.2 Å². The standard InChI is InChI=1S/C21H15ClF2N2O3S/c22-15-5-7-16(8-6-15)30(28,29)26-11-10-13-12-14(4-9-19(13)26)21(27)25-20-17(23)2-1-3-18(20)24/h1-9,12H,10-11H2,(H,25,27). The number of hydrogen-bond donors (Lipinski definition) is 1. The van der Waals surface area contributed by atoms with Crippen LogP contribution in [0.1, 0.15) is 15.9 Å². The molecule has 30 heavy (non-hydrogen) atoms. The fourth-order valence-electron chi connectivity index (χ4n) is 3.30. The summed E-state index contributed by atoms with van der Waals surface area (Å²) in [6.07, 6.45) is 0.400. The Morgan fingerprint density at radius 3 is 2.33 bits per heavy atom. The second-order valence-electron chi connectivity index (χ2n) is 6.68. The third kappa shape index (κ3) is 3.64. The third-order valence-electron chi connectivity index (χ3n) is 4.80. The number of amides is 1. The number of sulfonamides is 1. The number of carbonyl (C=O) groups excluding carboxylic acids is 1. The quantitative estimate of drug-likeness (QED) is 0.633. The smallest absolute Gasteiger partial charge is 0.264 e. The fourth-order valence-corrected chi connectivity index (χ4v) is 4.93. The minimum Gasteiger partial charge on any atom is -0.317 e. The molecule has 0 unspecified atom stereocenters. The summed E-state index contributed by atoms with van der Waals surface area (Å²) in [5.74, 6) is -2.46. The lowest BCUT2D eigenvalue weighted by Crippen LogP contribution is -2.29. The normalized spacial score (nSPS) is 13.2. The van der Waals surface area contributed by atoms with Gasteiger partial charge in [0, 0.05) is 17.1 Å². The van der Waals surface area contributed by atoms with Crippen LogP contribution in [0.5, 0.6) is 0 Å². The van der Waals surface area contributed by atoms with Crippen molar-refractivity contribution in [1.29, 1.82) is 0 Å². The summed E-state index contributed by atoms with van der Waals surface area (Å²) < 4.78 is 54.8. The second-order valence-corrected chi connectivity index (χ2v) is 8.97. The van der Waals surface area contributed by atoms with E-state index in [0.29, 0.717) is 22.7 Å². The number of rotatable bonds is 4. The number of nitrogens with one attached hydrogen (secondary N) is 1. The van der Waals surface area contributed by atoms with Crippen LogP contribution in [0, 0.1) is 11.6 Å². The first-order valence-electron chi connectivity index (χ1n) is 8.94. The van der Waals surface area contributed by atoms with Crippen LogP contribution < -0.4 is 9.62 Å². The van der Waals surface area contributed by atoms with E-state index in [2.05, 4.69) is 5.32 Å². The molecule has 0 bridgehead atoms. The molecule has 9 heteroatoms. The number of para-hydroxylation sites is 1. The summed E-state index contributed by atoms with van der Waals surface area (Å²) in [6.45, 7) is 0.216. The van der Waals surface area contributed by atoms with Crippen molar-refractivity contribution in [3.63, 3.8) is 0 Å². The molecule has 1 aliphatic rings. The van der Waals surface area contributed by atoms with E-state index in [4.69, 9.17) is 11.6 Å². The Morgan fingerprint density at radius 2 is 1.67 bits per heavy atom. The molecule has 1 amide bonds. The molecule has 1 aliphatic heterocycles. The number of carbonyl (C=O) groups is 1. The van der Waals surface area contributed by atoms with Gasteiger partial charge in [-0.1, -0.05) is 17.7 Å². The molecule has 4 rings (SSSR count). The number of fused-ring (bicyclic) bond motifs is 1. The Balaban J connectivity index is 1.61. The van der Waals surface area contributed by atoms with Crippen molar-refractivity contribution >= 4 is 38.9 Å². The van der Waals surface area contributed by atoms with Crippen LogP contribution in [0.3, 0.4) is 0 Å². The molecule has 0 radical (unpaired) electrons. The van der Waals surface area contributed by atoms with Crippen LogP contribution in [0.15, 0.2) is 65.6 Å². The van der Waals surface area contributed by atoms with Gasteiger partial charge in [-0.2, -0.15) is 0 Å². The van der Waals surface area contributed by atoms with E-state index in [1.807, 2.05) is 0 Å². The van der Waals surface area contributed by atoms with Gasteiger partial charge >= 0.3 is 0 Å². The van der Waals surface area contributed by atoms with E-state index in [1.165, 1.54) is 52.8 Å². The van der Waals surface area contributed by atoms with Gasteiger partial charge in [0.05, 0.1) is 10.6 Å². The van der Waals surface area contributed by atoms with Crippen LogP contribution in [0.2, 0.25) is 5.02 Å². The van der Waals surface area contributed by atoms with Gasteiger partial charge in [-0.25, -0.2) is 17.2 Å². The van der Waals surface area contributed by atoms with E-state index in [9.17, 15) is 22.0 Å². The maximum Gasteiger partial charge on any atom is 0.264 e. The maximum atomic E-state index is 13.8. The van der Waals surface area contributed by atoms with E-state index in [-0.39, 0.29) is 17.0 Å². The van der Waals surface area contributed by atoms with Gasteiger partial charge in [-0.3, -0.25) is 9.10 Å². The zero-order chi connectivity index (χ0) is 21.5. The van der Waals surface area contributed by atoms with Crippen LogP contribution in [-0.4, -0.2) is 20.9 Å². The number of benzene rings is 3. The predicted octanol–water partition coefficient (Wildman–Crippen LogP) is 4.62. The van der Waals surface area contributed by atoms with Gasteiger partial charge in [-0.15, -0.1) is 0 Å². The molecule has 1 N–H and O–H groups in total. The molecule has 3 aromatic carbocycles. The SMILES string of the molecule is O=C(Nc1c(F)cccc1F)c1ccc2c(c1)CCN2S(=O)(=O)c1ccc(Cl)cc1. The summed E-state index contributed by atoms with van der Waals surface area (Å²) >= 11 is 5.83. The summed E-state index contributed by atoms with van der Waals surface area (Å²) in [5.41, 5.74) is 0.741. The van der Waals surface area contributed by atoms with E-state index >= 15 is 0 Å². The van der Waals surface area contributed by atoms with Crippen LogP contribution in [0.4, 0.5) is 20.2 Å². The topological polar surface area (TPSA) is 66.5 Å². The minimum atomic E-state index is -3.79. The molecule has 0 spiro atoms. The molecule has 1 heterocycles. The zero-order valence-corrected chi connectivity index (χ0v) is 17.0.